The lowest BCUT2D eigenvalue weighted by molar-refractivity contribution is -0.136. The van der Waals surface area contributed by atoms with E-state index in [2.05, 4.69) is 4.98 Å². The van der Waals surface area contributed by atoms with E-state index in [0.717, 1.165) is 18.9 Å². The fourth-order valence-electron chi connectivity index (χ4n) is 4.29. The first-order chi connectivity index (χ1) is 15.2. The number of halogens is 3. The van der Waals surface area contributed by atoms with Crippen molar-refractivity contribution in [3.8, 4) is 5.75 Å². The van der Waals surface area contributed by atoms with Crippen LogP contribution in [0, 0.1) is 0 Å². The Morgan fingerprint density at radius 2 is 1.78 bits per heavy atom. The molecular formula is C21H24F3N3O4S. The third-order valence-corrected chi connectivity index (χ3v) is 8.43. The summed E-state index contributed by atoms with van der Waals surface area (Å²) in [5.74, 6) is -0.195. The first-order valence-electron chi connectivity index (χ1n) is 10.5. The number of hydrogen-bond donors (Lipinski definition) is 0. The molecule has 2 fully saturated rings. The van der Waals surface area contributed by atoms with E-state index in [1.54, 1.807) is 9.21 Å². The largest absolute Gasteiger partial charge is 0.483 e. The molecule has 7 nitrogen and oxygen atoms in total. The number of nitrogens with zero attached hydrogens (tertiary/aromatic N) is 3. The molecule has 0 saturated carbocycles. The minimum Gasteiger partial charge on any atom is -0.483 e. The van der Waals surface area contributed by atoms with Crippen LogP contribution in [0.15, 0.2) is 30.5 Å². The fourth-order valence-corrected chi connectivity index (χ4v) is 6.29. The molecule has 0 aliphatic carbocycles. The first kappa shape index (κ1) is 22.8. The second-order valence-corrected chi connectivity index (χ2v) is 10.2. The predicted octanol–water partition coefficient (Wildman–Crippen LogP) is 3.05. The van der Waals surface area contributed by atoms with Gasteiger partial charge in [-0.1, -0.05) is 6.07 Å². The lowest BCUT2D eigenvalue weighted by Gasteiger charge is -2.33. The molecule has 2 aliphatic rings. The minimum absolute atomic E-state index is 0.140. The highest BCUT2D eigenvalue weighted by Gasteiger charge is 2.37. The van der Waals surface area contributed by atoms with Gasteiger partial charge >= 0.3 is 6.18 Å². The van der Waals surface area contributed by atoms with Gasteiger partial charge < -0.3 is 9.64 Å². The normalized spacial score (nSPS) is 18.9. The molecule has 4 rings (SSSR count). The van der Waals surface area contributed by atoms with Gasteiger partial charge in [0.25, 0.3) is 5.91 Å². The molecule has 1 aromatic heterocycles. The topological polar surface area (TPSA) is 79.8 Å². The fraction of sp³-hybridized carbons (Fsp3) is 0.524. The van der Waals surface area contributed by atoms with Crippen LogP contribution in [-0.2, 0) is 21.0 Å². The summed E-state index contributed by atoms with van der Waals surface area (Å²) in [6.07, 6.45) is -0.869. The van der Waals surface area contributed by atoms with Gasteiger partial charge in [0.05, 0.1) is 16.3 Å². The van der Waals surface area contributed by atoms with Gasteiger partial charge in [-0.15, -0.1) is 0 Å². The molecule has 0 unspecified atom stereocenters. The Hall–Kier alpha value is -2.40. The van der Waals surface area contributed by atoms with Gasteiger partial charge in [-0.05, 0) is 43.9 Å². The third kappa shape index (κ3) is 4.54. The number of pyridine rings is 1. The number of rotatable bonds is 5. The van der Waals surface area contributed by atoms with Crippen molar-refractivity contribution >= 4 is 26.8 Å². The van der Waals surface area contributed by atoms with Crippen LogP contribution in [0.3, 0.4) is 0 Å². The van der Waals surface area contributed by atoms with Crippen molar-refractivity contribution in [2.45, 2.75) is 37.1 Å². The Bertz CT molecular complexity index is 1090. The molecule has 174 valence electrons. The van der Waals surface area contributed by atoms with E-state index in [9.17, 15) is 26.4 Å². The van der Waals surface area contributed by atoms with E-state index in [1.165, 1.54) is 24.4 Å². The number of para-hydroxylation sites is 1. The van der Waals surface area contributed by atoms with Crippen molar-refractivity contribution in [3.05, 3.63) is 36.0 Å². The van der Waals surface area contributed by atoms with Crippen LogP contribution in [0.2, 0.25) is 0 Å². The monoisotopic (exact) mass is 471 g/mol. The molecule has 0 radical (unpaired) electrons. The zero-order valence-electron chi connectivity index (χ0n) is 17.3. The number of amides is 1. The molecule has 32 heavy (non-hydrogen) atoms. The molecular weight excluding hydrogens is 447 g/mol. The highest BCUT2D eigenvalue weighted by Crippen LogP contribution is 2.36. The quantitative estimate of drug-likeness (QED) is 0.670. The molecule has 0 spiro atoms. The molecule has 2 saturated heterocycles. The number of alkyl halides is 3. The summed E-state index contributed by atoms with van der Waals surface area (Å²) in [5, 5.41) is -0.318. The number of carbonyl (C=O) groups is 1. The number of benzene rings is 1. The van der Waals surface area contributed by atoms with E-state index < -0.39 is 27.0 Å². The van der Waals surface area contributed by atoms with Gasteiger partial charge in [0.15, 0.2) is 6.61 Å². The van der Waals surface area contributed by atoms with Gasteiger partial charge in [0.1, 0.15) is 5.75 Å². The summed E-state index contributed by atoms with van der Waals surface area (Å²) < 4.78 is 72.2. The molecule has 2 aromatic rings. The van der Waals surface area contributed by atoms with Crippen LogP contribution in [0.1, 0.15) is 31.2 Å². The summed E-state index contributed by atoms with van der Waals surface area (Å²) >= 11 is 0. The van der Waals surface area contributed by atoms with Gasteiger partial charge in [0.2, 0.25) is 10.0 Å². The Morgan fingerprint density at radius 3 is 2.44 bits per heavy atom. The van der Waals surface area contributed by atoms with E-state index in [4.69, 9.17) is 4.74 Å². The van der Waals surface area contributed by atoms with Crippen LogP contribution in [0.5, 0.6) is 5.75 Å². The number of aromatic nitrogens is 1. The number of sulfonamides is 1. The smallest absolute Gasteiger partial charge is 0.418 e. The van der Waals surface area contributed by atoms with Crippen LogP contribution in [-0.4, -0.2) is 66.5 Å². The minimum atomic E-state index is -4.55. The van der Waals surface area contributed by atoms with Crippen LogP contribution in [0.4, 0.5) is 13.2 Å². The van der Waals surface area contributed by atoms with Crippen LogP contribution in [0.25, 0.3) is 10.9 Å². The standard InChI is InChI=1S/C21H24F3N3O4S/c22-21(23,24)17-5-3-4-16-18(6-9-25-20(16)17)31-14-19(28)26-12-7-15(8-13-26)32(29,30)27-10-1-2-11-27/h3-6,9,15H,1-2,7-8,10-14H2. The van der Waals surface area contributed by atoms with Crippen molar-refractivity contribution in [2.24, 2.45) is 0 Å². The van der Waals surface area contributed by atoms with Gasteiger partial charge in [-0.3, -0.25) is 9.78 Å². The number of hydrogen-bond acceptors (Lipinski definition) is 5. The second-order valence-electron chi connectivity index (χ2n) is 8.03. The lowest BCUT2D eigenvalue weighted by Crippen LogP contribution is -2.47. The maximum atomic E-state index is 13.2. The molecule has 0 bridgehead atoms. The third-order valence-electron chi connectivity index (χ3n) is 6.03. The SMILES string of the molecule is O=C(COc1ccnc2c(C(F)(F)F)cccc12)N1CCC(S(=O)(=O)N2CCCC2)CC1. The van der Waals surface area contributed by atoms with Gasteiger partial charge in [-0.25, -0.2) is 12.7 Å². The lowest BCUT2D eigenvalue weighted by atomic mass is 10.1. The zero-order chi connectivity index (χ0) is 22.9. The maximum Gasteiger partial charge on any atom is 0.418 e. The van der Waals surface area contributed by atoms with Gasteiger partial charge in [-0.2, -0.15) is 13.2 Å². The van der Waals surface area contributed by atoms with Crippen molar-refractivity contribution < 1.29 is 31.1 Å². The number of piperidine rings is 1. The molecule has 3 heterocycles. The summed E-state index contributed by atoms with van der Waals surface area (Å²) in [6.45, 7) is 1.37. The summed E-state index contributed by atoms with van der Waals surface area (Å²) in [4.78, 5) is 18.0. The molecule has 1 aromatic carbocycles. The van der Waals surface area contributed by atoms with E-state index in [-0.39, 0.29) is 29.2 Å². The Balaban J connectivity index is 1.38. The highest BCUT2D eigenvalue weighted by molar-refractivity contribution is 7.89. The zero-order valence-corrected chi connectivity index (χ0v) is 18.2. The first-order valence-corrected chi connectivity index (χ1v) is 12.0. The van der Waals surface area contributed by atoms with E-state index >= 15 is 0 Å². The van der Waals surface area contributed by atoms with E-state index in [1.807, 2.05) is 0 Å². The van der Waals surface area contributed by atoms with Crippen molar-refractivity contribution in [2.75, 3.05) is 32.8 Å². The molecule has 0 atom stereocenters. The van der Waals surface area contributed by atoms with Crippen molar-refractivity contribution in [1.82, 2.24) is 14.2 Å². The van der Waals surface area contributed by atoms with Crippen LogP contribution < -0.4 is 4.74 Å². The van der Waals surface area contributed by atoms with Crippen LogP contribution >= 0.6 is 0 Å². The van der Waals surface area contributed by atoms with Crippen molar-refractivity contribution in [3.63, 3.8) is 0 Å². The summed E-state index contributed by atoms with van der Waals surface area (Å²) in [5.41, 5.74) is -1.11. The van der Waals surface area contributed by atoms with Crippen molar-refractivity contribution in [1.29, 1.82) is 0 Å². The van der Waals surface area contributed by atoms with E-state index in [0.29, 0.717) is 39.0 Å². The second kappa shape index (κ2) is 8.86. The predicted molar refractivity (Wildman–Crippen MR) is 112 cm³/mol. The van der Waals surface area contributed by atoms with Gasteiger partial charge in [0, 0.05) is 37.8 Å². The number of fused-ring (bicyclic) bond motifs is 1. The Labute approximate surface area is 184 Å². The molecule has 0 N–H and O–H groups in total. The summed E-state index contributed by atoms with van der Waals surface area (Å²) in [7, 11) is -3.34. The Kier molecular flexibility index (Phi) is 6.30. The number of ether oxygens (including phenoxy) is 1. The molecule has 11 heteroatoms. The summed E-state index contributed by atoms with van der Waals surface area (Å²) in [6, 6.07) is 5.11. The molecule has 1 amide bonds. The molecule has 2 aliphatic heterocycles. The average Bonchev–Trinajstić information content (AvgIpc) is 3.32. The highest BCUT2D eigenvalue weighted by atomic mass is 32.2. The Morgan fingerprint density at radius 1 is 1.09 bits per heavy atom. The number of likely N-dealkylation sites (tertiary alicyclic amines) is 1. The average molecular weight is 472 g/mol. The number of carbonyl (C=O) groups excluding carboxylic acids is 1. The maximum absolute atomic E-state index is 13.2.